The highest BCUT2D eigenvalue weighted by Gasteiger charge is 2.47. The molecule has 3 rings (SSSR count). The summed E-state index contributed by atoms with van der Waals surface area (Å²) in [6.45, 7) is 1.86. The third kappa shape index (κ3) is 7.18. The van der Waals surface area contributed by atoms with Gasteiger partial charge in [0.1, 0.15) is 24.2 Å². The minimum Gasteiger partial charge on any atom is -0.497 e. The number of benzene rings is 2. The van der Waals surface area contributed by atoms with Crippen LogP contribution in [0.4, 0.5) is 4.39 Å². The van der Waals surface area contributed by atoms with Crippen LogP contribution >= 0.6 is 0 Å². The maximum absolute atomic E-state index is 15.4. The molecule has 190 valence electrons. The average molecular weight is 489 g/mol. The Morgan fingerprint density at radius 2 is 1.40 bits per heavy atom. The smallest absolute Gasteiger partial charge is 0.338 e. The fraction of sp³-hybridized carbons (Fsp3) is 0.481. The van der Waals surface area contributed by atoms with Gasteiger partial charge in [-0.1, -0.05) is 32.6 Å². The number of methoxy groups -OCH3 is 2. The van der Waals surface area contributed by atoms with Gasteiger partial charge in [0.25, 0.3) is 0 Å². The Morgan fingerprint density at radius 1 is 0.829 bits per heavy atom. The molecule has 4 atom stereocenters. The van der Waals surface area contributed by atoms with Gasteiger partial charge in [-0.15, -0.1) is 0 Å². The molecule has 1 unspecified atom stereocenters. The molecule has 0 aromatic heterocycles. The third-order valence-electron chi connectivity index (χ3n) is 6.00. The van der Waals surface area contributed by atoms with Gasteiger partial charge < -0.3 is 23.7 Å². The van der Waals surface area contributed by atoms with Crippen LogP contribution in [-0.4, -0.2) is 57.2 Å². The number of alkyl halides is 1. The van der Waals surface area contributed by atoms with Crippen molar-refractivity contribution in [1.82, 2.24) is 0 Å². The number of hydrogen-bond acceptors (Lipinski definition) is 7. The van der Waals surface area contributed by atoms with Gasteiger partial charge in [0.2, 0.25) is 0 Å². The maximum Gasteiger partial charge on any atom is 0.338 e. The number of carbonyl (C=O) groups excluding carboxylic acids is 2. The summed E-state index contributed by atoms with van der Waals surface area (Å²) in [6.07, 6.45) is 0.0379. The van der Waals surface area contributed by atoms with E-state index in [1.165, 1.54) is 14.2 Å². The van der Waals surface area contributed by atoms with Gasteiger partial charge in [-0.25, -0.2) is 14.0 Å². The average Bonchev–Trinajstić information content (AvgIpc) is 3.19. The molecule has 2 aromatic carbocycles. The minimum atomic E-state index is -1.52. The second-order valence-electron chi connectivity index (χ2n) is 8.43. The number of ether oxygens (including phenoxy) is 5. The molecule has 0 amide bonds. The number of halogens is 1. The van der Waals surface area contributed by atoms with E-state index >= 15 is 4.39 Å². The lowest BCUT2D eigenvalue weighted by atomic mass is 10.0. The van der Waals surface area contributed by atoms with Crippen molar-refractivity contribution >= 4 is 11.9 Å². The summed E-state index contributed by atoms with van der Waals surface area (Å²) in [5.41, 5.74) is 0.585. The Kier molecular flexibility index (Phi) is 9.90. The van der Waals surface area contributed by atoms with Crippen LogP contribution in [-0.2, 0) is 14.2 Å². The lowest BCUT2D eigenvalue weighted by Gasteiger charge is -2.20. The summed E-state index contributed by atoms with van der Waals surface area (Å²) >= 11 is 0. The van der Waals surface area contributed by atoms with Crippen molar-refractivity contribution in [2.75, 3.05) is 20.8 Å². The number of carbonyl (C=O) groups is 2. The molecule has 1 heterocycles. The zero-order valence-corrected chi connectivity index (χ0v) is 20.4. The van der Waals surface area contributed by atoms with Crippen LogP contribution in [0.25, 0.3) is 0 Å². The summed E-state index contributed by atoms with van der Waals surface area (Å²) in [5.74, 6) is -0.0674. The molecule has 1 fully saturated rings. The van der Waals surface area contributed by atoms with Crippen LogP contribution in [0.2, 0.25) is 0 Å². The monoisotopic (exact) mass is 488 g/mol. The van der Waals surface area contributed by atoms with E-state index in [0.717, 1.165) is 25.7 Å². The molecule has 0 radical (unpaired) electrons. The van der Waals surface area contributed by atoms with Crippen molar-refractivity contribution in [3.63, 3.8) is 0 Å². The Morgan fingerprint density at radius 3 is 1.94 bits per heavy atom. The van der Waals surface area contributed by atoms with Crippen molar-refractivity contribution < 1.29 is 37.7 Å². The number of rotatable bonds is 12. The first-order valence-electron chi connectivity index (χ1n) is 11.9. The van der Waals surface area contributed by atoms with E-state index in [2.05, 4.69) is 6.92 Å². The van der Waals surface area contributed by atoms with Crippen molar-refractivity contribution in [2.24, 2.45) is 0 Å². The fourth-order valence-corrected chi connectivity index (χ4v) is 3.96. The number of esters is 2. The summed E-state index contributed by atoms with van der Waals surface area (Å²) in [7, 11) is 3.06. The molecule has 0 N–H and O–H groups in total. The molecule has 1 aliphatic heterocycles. The molecule has 7 nitrogen and oxygen atoms in total. The Hall–Kier alpha value is -3.13. The molecule has 1 aliphatic rings. The van der Waals surface area contributed by atoms with E-state index in [1.807, 2.05) is 0 Å². The van der Waals surface area contributed by atoms with Gasteiger partial charge in [0.15, 0.2) is 12.3 Å². The SMILES string of the molecule is CCCCCCC1O[C@H](COC(=O)c2ccc(OC)cc2)[C@@H](OC(=O)c2ccc(OC)cc2)[C@@H]1F. The van der Waals surface area contributed by atoms with Gasteiger partial charge in [0.05, 0.1) is 31.5 Å². The van der Waals surface area contributed by atoms with E-state index in [4.69, 9.17) is 23.7 Å². The highest BCUT2D eigenvalue weighted by Crippen LogP contribution is 2.31. The molecule has 1 saturated heterocycles. The lowest BCUT2D eigenvalue weighted by molar-refractivity contribution is -0.0438. The highest BCUT2D eigenvalue weighted by molar-refractivity contribution is 5.90. The zero-order valence-electron chi connectivity index (χ0n) is 20.4. The van der Waals surface area contributed by atoms with Crippen molar-refractivity contribution in [3.8, 4) is 11.5 Å². The fourth-order valence-electron chi connectivity index (χ4n) is 3.96. The Labute approximate surface area is 205 Å². The van der Waals surface area contributed by atoms with Gasteiger partial charge in [0, 0.05) is 0 Å². The van der Waals surface area contributed by atoms with E-state index in [1.54, 1.807) is 48.5 Å². The lowest BCUT2D eigenvalue weighted by Crippen LogP contribution is -2.37. The molecule has 2 aromatic rings. The molecular formula is C27H33FO7. The summed E-state index contributed by atoms with van der Waals surface area (Å²) in [4.78, 5) is 25.2. The van der Waals surface area contributed by atoms with Crippen LogP contribution in [0, 0.1) is 0 Å². The Balaban J connectivity index is 1.66. The third-order valence-corrected chi connectivity index (χ3v) is 6.00. The van der Waals surface area contributed by atoms with E-state index in [9.17, 15) is 9.59 Å². The van der Waals surface area contributed by atoms with Gasteiger partial charge in [-0.3, -0.25) is 0 Å². The quantitative estimate of drug-likeness (QED) is 0.301. The van der Waals surface area contributed by atoms with Gasteiger partial charge in [-0.2, -0.15) is 0 Å². The number of unbranched alkanes of at least 4 members (excludes halogenated alkanes) is 3. The highest BCUT2D eigenvalue weighted by atomic mass is 19.1. The molecule has 35 heavy (non-hydrogen) atoms. The zero-order chi connectivity index (χ0) is 25.2. The predicted octanol–water partition coefficient (Wildman–Crippen LogP) is 5.16. The van der Waals surface area contributed by atoms with Crippen molar-refractivity contribution in [3.05, 3.63) is 59.7 Å². The normalized spacial score (nSPS) is 21.4. The van der Waals surface area contributed by atoms with Crippen LogP contribution < -0.4 is 9.47 Å². The topological polar surface area (TPSA) is 80.3 Å². The molecule has 0 aliphatic carbocycles. The molecule has 8 heteroatoms. The molecular weight excluding hydrogens is 455 g/mol. The molecule has 0 bridgehead atoms. The summed E-state index contributed by atoms with van der Waals surface area (Å²) < 4.78 is 42.4. The standard InChI is InChI=1S/C27H33FO7/c1-4-5-6-7-8-22-24(28)25(35-27(30)19-11-15-21(32-3)16-12-19)23(34-22)17-33-26(29)18-9-13-20(31-2)14-10-18/h9-16,22-25H,4-8,17H2,1-3H3/t22?,23-,24-,25-/m1/s1. The van der Waals surface area contributed by atoms with Crippen LogP contribution in [0.1, 0.15) is 59.7 Å². The number of hydrogen-bond donors (Lipinski definition) is 0. The first-order chi connectivity index (χ1) is 17.0. The van der Waals surface area contributed by atoms with E-state index in [0.29, 0.717) is 23.5 Å². The van der Waals surface area contributed by atoms with E-state index in [-0.39, 0.29) is 12.2 Å². The second-order valence-corrected chi connectivity index (χ2v) is 8.43. The van der Waals surface area contributed by atoms with Crippen molar-refractivity contribution in [2.45, 2.75) is 63.5 Å². The van der Waals surface area contributed by atoms with E-state index < -0.39 is 36.4 Å². The summed E-state index contributed by atoms with van der Waals surface area (Å²) in [6, 6.07) is 12.8. The summed E-state index contributed by atoms with van der Waals surface area (Å²) in [5, 5.41) is 0. The second kappa shape index (κ2) is 13.1. The minimum absolute atomic E-state index is 0.239. The van der Waals surface area contributed by atoms with Crippen molar-refractivity contribution in [1.29, 1.82) is 0 Å². The molecule has 0 spiro atoms. The first kappa shape index (κ1) is 26.5. The van der Waals surface area contributed by atoms with Crippen LogP contribution in [0.3, 0.4) is 0 Å². The molecule has 0 saturated carbocycles. The largest absolute Gasteiger partial charge is 0.497 e. The van der Waals surface area contributed by atoms with Crippen LogP contribution in [0.15, 0.2) is 48.5 Å². The predicted molar refractivity (Wildman–Crippen MR) is 128 cm³/mol. The van der Waals surface area contributed by atoms with Crippen LogP contribution in [0.5, 0.6) is 11.5 Å². The Bertz CT molecular complexity index is 945. The maximum atomic E-state index is 15.4. The van der Waals surface area contributed by atoms with Gasteiger partial charge >= 0.3 is 11.9 Å². The van der Waals surface area contributed by atoms with Gasteiger partial charge in [-0.05, 0) is 55.0 Å². The first-order valence-corrected chi connectivity index (χ1v) is 11.9.